The van der Waals surface area contributed by atoms with Crippen molar-refractivity contribution in [3.8, 4) is 0 Å². The summed E-state index contributed by atoms with van der Waals surface area (Å²) in [6.45, 7) is 3.05. The molecule has 1 amide bonds. The molecule has 0 atom stereocenters. The first-order valence-corrected chi connectivity index (χ1v) is 9.40. The Morgan fingerprint density at radius 2 is 2.11 bits per heavy atom. The van der Waals surface area contributed by atoms with E-state index < -0.39 is 5.82 Å². The molecule has 3 aromatic rings. The predicted molar refractivity (Wildman–Crippen MR) is 108 cm³/mol. The van der Waals surface area contributed by atoms with Crippen LogP contribution in [0.3, 0.4) is 0 Å². The van der Waals surface area contributed by atoms with Gasteiger partial charge in [-0.1, -0.05) is 17.7 Å². The monoisotopic (exact) mass is 399 g/mol. The molecule has 0 fully saturated rings. The molecule has 7 heteroatoms. The number of carbonyl (C=O) groups excluding carboxylic acids is 1. The van der Waals surface area contributed by atoms with Crippen LogP contribution < -0.4 is 10.7 Å². The number of hydrogen-bond donors (Lipinski definition) is 2. The van der Waals surface area contributed by atoms with Crippen molar-refractivity contribution >= 4 is 34.1 Å². The van der Waals surface area contributed by atoms with Gasteiger partial charge < -0.3 is 10.3 Å². The highest BCUT2D eigenvalue weighted by atomic mass is 35.5. The van der Waals surface area contributed by atoms with Gasteiger partial charge in [-0.2, -0.15) is 0 Å². The highest BCUT2D eigenvalue weighted by Gasteiger charge is 2.22. The Bertz CT molecular complexity index is 1140. The molecule has 0 aliphatic carbocycles. The second kappa shape index (κ2) is 7.37. The summed E-state index contributed by atoms with van der Waals surface area (Å²) in [7, 11) is 0. The van der Waals surface area contributed by atoms with E-state index in [1.165, 1.54) is 12.1 Å². The third-order valence-electron chi connectivity index (χ3n) is 5.03. The summed E-state index contributed by atoms with van der Waals surface area (Å²) in [6, 6.07) is 9.53. The number of aromatic amines is 1. The van der Waals surface area contributed by atoms with Gasteiger partial charge in [-0.05, 0) is 42.8 Å². The highest BCUT2D eigenvalue weighted by Crippen LogP contribution is 2.21. The van der Waals surface area contributed by atoms with Gasteiger partial charge in [0.05, 0.1) is 6.54 Å². The molecule has 0 saturated heterocycles. The molecule has 2 N–H and O–H groups in total. The normalized spacial score (nSPS) is 14.1. The summed E-state index contributed by atoms with van der Waals surface area (Å²) in [5.74, 6) is -0.617. The molecular weight excluding hydrogens is 381 g/mol. The molecule has 1 aliphatic heterocycles. The number of carbonyl (C=O) groups is 1. The zero-order valence-electron chi connectivity index (χ0n) is 15.3. The van der Waals surface area contributed by atoms with Crippen LogP contribution in [0.1, 0.15) is 16.8 Å². The van der Waals surface area contributed by atoms with E-state index in [4.69, 9.17) is 11.6 Å². The Kier molecular flexibility index (Phi) is 4.91. The number of aryl methyl sites for hydroxylation is 1. The molecule has 0 spiro atoms. The lowest BCUT2D eigenvalue weighted by atomic mass is 10.0. The quantitative estimate of drug-likeness (QED) is 0.707. The number of nitrogens with zero attached hydrogens (tertiary/aromatic N) is 1. The molecule has 1 aliphatic rings. The van der Waals surface area contributed by atoms with E-state index in [1.54, 1.807) is 18.2 Å². The molecular formula is C21H19ClFN3O2. The standard InChI is InChI=1S/C21H19ClFN3O2/c1-12-2-4-14(9-17(12)22)24-20(27)11-26-7-6-19-16(10-26)21(28)15-8-13(23)3-5-18(15)25-19/h2-5,8-9H,6-7,10-11H2,1H3,(H,24,27)(H,25,28). The van der Waals surface area contributed by atoms with Gasteiger partial charge in [0.25, 0.3) is 0 Å². The minimum absolute atomic E-state index is 0.158. The molecule has 0 unspecified atom stereocenters. The largest absolute Gasteiger partial charge is 0.358 e. The van der Waals surface area contributed by atoms with E-state index in [1.807, 2.05) is 17.9 Å². The minimum Gasteiger partial charge on any atom is -0.358 e. The lowest BCUT2D eigenvalue weighted by Gasteiger charge is -2.27. The number of anilines is 1. The van der Waals surface area contributed by atoms with Crippen molar-refractivity contribution < 1.29 is 9.18 Å². The van der Waals surface area contributed by atoms with Gasteiger partial charge >= 0.3 is 0 Å². The van der Waals surface area contributed by atoms with E-state index in [0.717, 1.165) is 11.3 Å². The summed E-state index contributed by atoms with van der Waals surface area (Å²) in [5, 5.41) is 3.76. The van der Waals surface area contributed by atoms with E-state index in [0.29, 0.717) is 46.7 Å². The molecule has 0 bridgehead atoms. The number of pyridine rings is 1. The first-order chi connectivity index (χ1) is 13.4. The number of aromatic nitrogens is 1. The molecule has 0 saturated carbocycles. The van der Waals surface area contributed by atoms with Crippen LogP contribution in [0, 0.1) is 12.7 Å². The summed E-state index contributed by atoms with van der Waals surface area (Å²) < 4.78 is 13.5. The predicted octanol–water partition coefficient (Wildman–Crippen LogP) is 3.63. The number of amides is 1. The van der Waals surface area contributed by atoms with Crippen LogP contribution >= 0.6 is 11.6 Å². The van der Waals surface area contributed by atoms with Crippen LogP contribution in [-0.2, 0) is 17.8 Å². The molecule has 5 nitrogen and oxygen atoms in total. The van der Waals surface area contributed by atoms with Crippen molar-refractivity contribution in [1.82, 2.24) is 9.88 Å². The number of rotatable bonds is 3. The summed E-state index contributed by atoms with van der Waals surface area (Å²) in [6.07, 6.45) is 0.627. The SMILES string of the molecule is Cc1ccc(NC(=O)CN2CCc3[nH]c4ccc(F)cc4c(=O)c3C2)cc1Cl. The van der Waals surface area contributed by atoms with Gasteiger partial charge in [0, 0.05) is 52.4 Å². The van der Waals surface area contributed by atoms with Gasteiger partial charge in [0.2, 0.25) is 5.91 Å². The lowest BCUT2D eigenvalue weighted by molar-refractivity contribution is -0.117. The fraction of sp³-hybridized carbons (Fsp3) is 0.238. The van der Waals surface area contributed by atoms with Gasteiger partial charge in [0.15, 0.2) is 5.43 Å². The number of hydrogen-bond acceptors (Lipinski definition) is 3. The van der Waals surface area contributed by atoms with Crippen molar-refractivity contribution in [2.75, 3.05) is 18.4 Å². The summed E-state index contributed by atoms with van der Waals surface area (Å²) in [5.41, 5.74) is 3.47. The van der Waals surface area contributed by atoms with Crippen LogP contribution in [-0.4, -0.2) is 28.9 Å². The Morgan fingerprint density at radius 1 is 1.29 bits per heavy atom. The fourth-order valence-corrected chi connectivity index (χ4v) is 3.69. The lowest BCUT2D eigenvalue weighted by Crippen LogP contribution is -2.39. The topological polar surface area (TPSA) is 65.2 Å². The Hall–Kier alpha value is -2.70. The first-order valence-electron chi connectivity index (χ1n) is 9.02. The number of benzene rings is 2. The smallest absolute Gasteiger partial charge is 0.238 e. The second-order valence-corrected chi connectivity index (χ2v) is 7.48. The fourth-order valence-electron chi connectivity index (χ4n) is 3.51. The molecule has 2 heterocycles. The number of halogens is 2. The van der Waals surface area contributed by atoms with Crippen LogP contribution in [0.2, 0.25) is 5.02 Å². The van der Waals surface area contributed by atoms with Gasteiger partial charge in [0.1, 0.15) is 5.82 Å². The zero-order chi connectivity index (χ0) is 19.8. The van der Waals surface area contributed by atoms with Crippen molar-refractivity contribution in [3.63, 3.8) is 0 Å². The molecule has 2 aromatic carbocycles. The molecule has 28 heavy (non-hydrogen) atoms. The van der Waals surface area contributed by atoms with Crippen LogP contribution in [0.25, 0.3) is 10.9 Å². The Labute approximate surface area is 166 Å². The van der Waals surface area contributed by atoms with E-state index in [-0.39, 0.29) is 17.9 Å². The maximum atomic E-state index is 13.5. The third kappa shape index (κ3) is 3.66. The van der Waals surface area contributed by atoms with Crippen molar-refractivity contribution in [3.05, 3.63) is 74.3 Å². The van der Waals surface area contributed by atoms with Gasteiger partial charge in [-0.3, -0.25) is 14.5 Å². The minimum atomic E-state index is -0.443. The van der Waals surface area contributed by atoms with Crippen LogP contribution in [0.5, 0.6) is 0 Å². The van der Waals surface area contributed by atoms with Crippen molar-refractivity contribution in [1.29, 1.82) is 0 Å². The van der Waals surface area contributed by atoms with Crippen molar-refractivity contribution in [2.45, 2.75) is 19.9 Å². The highest BCUT2D eigenvalue weighted by molar-refractivity contribution is 6.31. The summed E-state index contributed by atoms with van der Waals surface area (Å²) >= 11 is 6.09. The van der Waals surface area contributed by atoms with Crippen LogP contribution in [0.4, 0.5) is 10.1 Å². The van der Waals surface area contributed by atoms with Gasteiger partial charge in [-0.15, -0.1) is 0 Å². The molecule has 144 valence electrons. The first kappa shape index (κ1) is 18.7. The van der Waals surface area contributed by atoms with E-state index >= 15 is 0 Å². The van der Waals surface area contributed by atoms with Crippen molar-refractivity contribution in [2.24, 2.45) is 0 Å². The maximum Gasteiger partial charge on any atom is 0.238 e. The van der Waals surface area contributed by atoms with Gasteiger partial charge in [-0.25, -0.2) is 4.39 Å². The average molecular weight is 400 g/mol. The van der Waals surface area contributed by atoms with E-state index in [9.17, 15) is 14.0 Å². The van der Waals surface area contributed by atoms with Crippen LogP contribution in [0.15, 0.2) is 41.2 Å². The average Bonchev–Trinajstić information content (AvgIpc) is 2.66. The Balaban J connectivity index is 1.51. The summed E-state index contributed by atoms with van der Waals surface area (Å²) in [4.78, 5) is 30.3. The number of fused-ring (bicyclic) bond motifs is 2. The molecule has 4 rings (SSSR count). The zero-order valence-corrected chi connectivity index (χ0v) is 16.1. The number of H-pyrrole nitrogens is 1. The number of nitrogens with one attached hydrogen (secondary N) is 2. The maximum absolute atomic E-state index is 13.5. The van der Waals surface area contributed by atoms with E-state index in [2.05, 4.69) is 10.3 Å². The molecule has 1 aromatic heterocycles. The second-order valence-electron chi connectivity index (χ2n) is 7.07. The third-order valence-corrected chi connectivity index (χ3v) is 5.44. The Morgan fingerprint density at radius 3 is 2.89 bits per heavy atom. The molecule has 0 radical (unpaired) electrons.